The van der Waals surface area contributed by atoms with Gasteiger partial charge in [-0.15, -0.1) is 0 Å². The van der Waals surface area contributed by atoms with E-state index in [1.165, 1.54) is 0 Å². The predicted molar refractivity (Wildman–Crippen MR) is 78.8 cm³/mol. The summed E-state index contributed by atoms with van der Waals surface area (Å²) in [5, 5.41) is 7.35. The summed E-state index contributed by atoms with van der Waals surface area (Å²) in [6.07, 6.45) is 4.02. The van der Waals surface area contributed by atoms with Crippen molar-refractivity contribution in [2.45, 2.75) is 12.8 Å². The second-order valence-electron chi connectivity index (χ2n) is 4.33. The number of amidine groups is 1. The van der Waals surface area contributed by atoms with Gasteiger partial charge in [-0.05, 0) is 12.1 Å². The molecule has 2 aromatic heterocycles. The Labute approximate surface area is 125 Å². The monoisotopic (exact) mass is 303 g/mol. The molecule has 0 spiro atoms. The van der Waals surface area contributed by atoms with E-state index in [1.54, 1.807) is 36.3 Å². The Morgan fingerprint density at radius 1 is 1.38 bits per heavy atom. The number of rotatable bonds is 4. The van der Waals surface area contributed by atoms with Crippen molar-refractivity contribution in [1.82, 2.24) is 20.4 Å². The average molecular weight is 303 g/mol. The van der Waals surface area contributed by atoms with E-state index in [0.717, 1.165) is 17.9 Å². The van der Waals surface area contributed by atoms with Crippen LogP contribution < -0.4 is 5.32 Å². The van der Waals surface area contributed by atoms with Crippen LogP contribution in [0.5, 0.6) is 0 Å². The van der Waals surface area contributed by atoms with Crippen LogP contribution in [0, 0.1) is 0 Å². The molecule has 0 saturated carbocycles. The van der Waals surface area contributed by atoms with Crippen molar-refractivity contribution in [2.75, 3.05) is 12.3 Å². The second-order valence-corrected chi connectivity index (χ2v) is 5.41. The van der Waals surface area contributed by atoms with Crippen molar-refractivity contribution in [3.63, 3.8) is 0 Å². The highest BCUT2D eigenvalue weighted by Crippen LogP contribution is 2.14. The van der Waals surface area contributed by atoms with E-state index in [4.69, 9.17) is 4.52 Å². The van der Waals surface area contributed by atoms with Gasteiger partial charge in [-0.3, -0.25) is 14.8 Å². The third kappa shape index (κ3) is 3.66. The van der Waals surface area contributed by atoms with Gasteiger partial charge in [-0.2, -0.15) is 4.98 Å². The van der Waals surface area contributed by atoms with Gasteiger partial charge in [-0.25, -0.2) is 0 Å². The maximum Gasteiger partial charge on any atom is 0.227 e. The van der Waals surface area contributed by atoms with Crippen LogP contribution in [0.25, 0.3) is 11.4 Å². The third-order valence-electron chi connectivity index (χ3n) is 2.80. The molecule has 1 aliphatic heterocycles. The van der Waals surface area contributed by atoms with Crippen molar-refractivity contribution < 1.29 is 9.32 Å². The quantitative estimate of drug-likeness (QED) is 0.914. The average Bonchev–Trinajstić information content (AvgIpc) is 3.17. The summed E-state index contributed by atoms with van der Waals surface area (Å²) in [6.45, 7) is 0.763. The van der Waals surface area contributed by atoms with E-state index in [-0.39, 0.29) is 12.3 Å². The van der Waals surface area contributed by atoms with Crippen molar-refractivity contribution in [2.24, 2.45) is 4.99 Å². The van der Waals surface area contributed by atoms with Crippen LogP contribution in [-0.4, -0.2) is 38.5 Å². The summed E-state index contributed by atoms with van der Waals surface area (Å²) in [6, 6.07) is 3.60. The molecule has 21 heavy (non-hydrogen) atoms. The molecule has 0 bridgehead atoms. The number of carbonyl (C=O) groups excluding carboxylic acids is 1. The van der Waals surface area contributed by atoms with Crippen LogP contribution in [0.1, 0.15) is 12.3 Å². The van der Waals surface area contributed by atoms with E-state index in [9.17, 15) is 4.79 Å². The lowest BCUT2D eigenvalue weighted by Crippen LogP contribution is -2.27. The van der Waals surface area contributed by atoms with Crippen LogP contribution in [0.3, 0.4) is 0 Å². The molecule has 108 valence electrons. The highest BCUT2D eigenvalue weighted by atomic mass is 32.2. The molecule has 1 aliphatic rings. The number of aromatic nitrogens is 3. The Morgan fingerprint density at radius 2 is 2.24 bits per heavy atom. The standard InChI is InChI=1S/C13H13N5O2S/c19-10(16-13-15-7-8-21-13)1-2-11-17-12(18-20-11)9-3-5-14-6-4-9/h3-6H,1-2,7-8H2,(H,15,16,19). The van der Waals surface area contributed by atoms with Gasteiger partial charge in [-0.1, -0.05) is 16.9 Å². The zero-order valence-corrected chi connectivity index (χ0v) is 12.0. The highest BCUT2D eigenvalue weighted by Gasteiger charge is 2.13. The van der Waals surface area contributed by atoms with E-state index in [1.807, 2.05) is 0 Å². The summed E-state index contributed by atoms with van der Waals surface area (Å²) in [5.41, 5.74) is 0.834. The molecular weight excluding hydrogens is 290 g/mol. The van der Waals surface area contributed by atoms with Gasteiger partial charge in [0.05, 0.1) is 6.54 Å². The van der Waals surface area contributed by atoms with Gasteiger partial charge in [0, 0.05) is 36.6 Å². The number of nitrogens with zero attached hydrogens (tertiary/aromatic N) is 4. The van der Waals surface area contributed by atoms with Crippen molar-refractivity contribution in [3.8, 4) is 11.4 Å². The Kier molecular flexibility index (Phi) is 4.25. The molecular formula is C13H13N5O2S. The van der Waals surface area contributed by atoms with Gasteiger partial charge in [0.15, 0.2) is 5.17 Å². The van der Waals surface area contributed by atoms with Crippen LogP contribution in [0.4, 0.5) is 0 Å². The third-order valence-corrected chi connectivity index (χ3v) is 3.70. The van der Waals surface area contributed by atoms with Crippen LogP contribution in [0.2, 0.25) is 0 Å². The molecule has 2 aromatic rings. The maximum atomic E-state index is 11.7. The topological polar surface area (TPSA) is 93.3 Å². The lowest BCUT2D eigenvalue weighted by atomic mass is 10.2. The van der Waals surface area contributed by atoms with Gasteiger partial charge in [0.25, 0.3) is 0 Å². The maximum absolute atomic E-state index is 11.7. The first-order valence-corrected chi connectivity index (χ1v) is 7.50. The molecule has 0 fully saturated rings. The van der Waals surface area contributed by atoms with Crippen molar-refractivity contribution in [3.05, 3.63) is 30.4 Å². The number of hydrogen-bond donors (Lipinski definition) is 1. The first-order valence-electron chi connectivity index (χ1n) is 6.51. The second kappa shape index (κ2) is 6.49. The predicted octanol–water partition coefficient (Wildman–Crippen LogP) is 1.28. The minimum absolute atomic E-state index is 0.0909. The molecule has 0 atom stereocenters. The number of carbonyl (C=O) groups is 1. The van der Waals surface area contributed by atoms with Gasteiger partial charge >= 0.3 is 0 Å². The Morgan fingerprint density at radius 3 is 3.00 bits per heavy atom. The van der Waals surface area contributed by atoms with Gasteiger partial charge in [0.1, 0.15) is 0 Å². The normalized spacial score (nSPS) is 14.0. The lowest BCUT2D eigenvalue weighted by Gasteiger charge is -2.01. The van der Waals surface area contributed by atoms with E-state index >= 15 is 0 Å². The minimum Gasteiger partial charge on any atom is -0.339 e. The highest BCUT2D eigenvalue weighted by molar-refractivity contribution is 8.14. The summed E-state index contributed by atoms with van der Waals surface area (Å²) in [5.74, 6) is 1.78. The molecule has 7 nitrogen and oxygen atoms in total. The molecule has 3 rings (SSSR count). The number of pyridine rings is 1. The summed E-state index contributed by atoms with van der Waals surface area (Å²) < 4.78 is 5.14. The molecule has 0 aromatic carbocycles. The Hall–Kier alpha value is -2.22. The molecule has 3 heterocycles. The largest absolute Gasteiger partial charge is 0.339 e. The summed E-state index contributed by atoms with van der Waals surface area (Å²) in [4.78, 5) is 24.1. The number of aliphatic imine (C=N–C) groups is 1. The first-order chi connectivity index (χ1) is 10.3. The number of hydrogen-bond acceptors (Lipinski definition) is 7. The van der Waals surface area contributed by atoms with Crippen LogP contribution >= 0.6 is 11.8 Å². The SMILES string of the molecule is O=C(CCc1nc(-c2ccncc2)no1)NC1=NCCS1. The van der Waals surface area contributed by atoms with Gasteiger partial charge in [0.2, 0.25) is 17.6 Å². The fourth-order valence-electron chi connectivity index (χ4n) is 1.79. The van der Waals surface area contributed by atoms with Crippen molar-refractivity contribution >= 4 is 22.8 Å². The molecule has 0 saturated heterocycles. The molecule has 8 heteroatoms. The van der Waals surface area contributed by atoms with Crippen molar-refractivity contribution in [1.29, 1.82) is 0 Å². The molecule has 0 unspecified atom stereocenters. The smallest absolute Gasteiger partial charge is 0.227 e. The number of thioether (sulfide) groups is 1. The van der Waals surface area contributed by atoms with Crippen LogP contribution in [0.15, 0.2) is 34.0 Å². The fourth-order valence-corrected chi connectivity index (χ4v) is 2.53. The van der Waals surface area contributed by atoms with E-state index in [2.05, 4.69) is 25.4 Å². The number of amides is 1. The van der Waals surface area contributed by atoms with Gasteiger partial charge < -0.3 is 9.84 Å². The zero-order valence-electron chi connectivity index (χ0n) is 11.2. The van der Waals surface area contributed by atoms with E-state index in [0.29, 0.717) is 23.3 Å². The zero-order chi connectivity index (χ0) is 14.5. The number of nitrogens with one attached hydrogen (secondary N) is 1. The minimum atomic E-state index is -0.0909. The Balaban J connectivity index is 1.54. The molecule has 0 radical (unpaired) electrons. The molecule has 1 N–H and O–H groups in total. The Bertz CT molecular complexity index is 656. The molecule has 1 amide bonds. The first kappa shape index (κ1) is 13.7. The number of aryl methyl sites for hydroxylation is 1. The van der Waals surface area contributed by atoms with E-state index < -0.39 is 0 Å². The molecule has 0 aliphatic carbocycles. The fraction of sp³-hybridized carbons (Fsp3) is 0.308. The summed E-state index contributed by atoms with van der Waals surface area (Å²) in [7, 11) is 0. The summed E-state index contributed by atoms with van der Waals surface area (Å²) >= 11 is 1.55. The van der Waals surface area contributed by atoms with Crippen LogP contribution in [-0.2, 0) is 11.2 Å². The lowest BCUT2D eigenvalue weighted by molar-refractivity contribution is -0.119.